The molecule has 0 aromatic carbocycles. The number of nitrogens with one attached hydrogen (secondary N) is 1. The molecule has 2 aliphatic heterocycles. The van der Waals surface area contributed by atoms with E-state index in [-0.39, 0.29) is 39.7 Å². The van der Waals surface area contributed by atoms with Crippen molar-refractivity contribution in [3.8, 4) is 0 Å². The number of hydrogen-bond donors (Lipinski definition) is 3. The van der Waals surface area contributed by atoms with Gasteiger partial charge in [-0.05, 0) is 12.1 Å². The highest BCUT2D eigenvalue weighted by Crippen LogP contribution is 2.40. The molecule has 2 amide bonds. The summed E-state index contributed by atoms with van der Waals surface area (Å²) in [7, 11) is 1.24. The molecule has 1 fully saturated rings. The average Bonchev–Trinajstić information content (AvgIpc) is 3.49. The highest BCUT2D eigenvalue weighted by Gasteiger charge is 2.53. The van der Waals surface area contributed by atoms with Crippen LogP contribution in [0.15, 0.2) is 52.2 Å². The molecule has 2 aliphatic rings. The molecule has 40 heavy (non-hydrogen) atoms. The Balaban J connectivity index is 1.34. The van der Waals surface area contributed by atoms with Gasteiger partial charge in [-0.3, -0.25) is 14.5 Å². The van der Waals surface area contributed by atoms with Crippen LogP contribution in [0.2, 0.25) is 4.34 Å². The van der Waals surface area contributed by atoms with E-state index in [4.69, 9.17) is 27.3 Å². The SMILES string of the molecule is CO/N=C(\C(=O)N[C@@H]1C(=O)N2C(C(=O)[O-])=C(C[n+]3ccn4c(SCCO)ccc4c3)CS[C@H]12)c1nc(N)sc1Cl. The number of oxime groups is 1. The van der Waals surface area contributed by atoms with Crippen molar-refractivity contribution < 1.29 is 34.0 Å². The number of carbonyl (C=O) groups is 3. The van der Waals surface area contributed by atoms with Crippen LogP contribution in [0.25, 0.3) is 5.52 Å². The first-order valence-corrected chi connectivity index (χ1v) is 14.9. The van der Waals surface area contributed by atoms with Crippen LogP contribution >= 0.6 is 46.5 Å². The molecule has 0 unspecified atom stereocenters. The fraction of sp³-hybridized carbons (Fsp3) is 0.304. The summed E-state index contributed by atoms with van der Waals surface area (Å²) in [5.41, 5.74) is 6.60. The number of thioether (sulfide) groups is 2. The molecule has 13 nitrogen and oxygen atoms in total. The minimum Gasteiger partial charge on any atom is -0.543 e. The zero-order valence-electron chi connectivity index (χ0n) is 20.8. The van der Waals surface area contributed by atoms with Crippen LogP contribution in [0.1, 0.15) is 5.69 Å². The van der Waals surface area contributed by atoms with E-state index in [0.29, 0.717) is 17.1 Å². The van der Waals surface area contributed by atoms with Gasteiger partial charge in [-0.25, -0.2) is 4.98 Å². The lowest BCUT2D eigenvalue weighted by Gasteiger charge is -2.50. The fourth-order valence-corrected chi connectivity index (χ4v) is 7.44. The smallest absolute Gasteiger partial charge is 0.276 e. The Kier molecular flexibility index (Phi) is 8.23. The number of halogens is 1. The van der Waals surface area contributed by atoms with E-state index in [9.17, 15) is 19.5 Å². The molecule has 5 rings (SSSR count). The lowest BCUT2D eigenvalue weighted by molar-refractivity contribution is -0.688. The fourth-order valence-electron chi connectivity index (χ4n) is 4.41. The Labute approximate surface area is 244 Å². The van der Waals surface area contributed by atoms with Gasteiger partial charge < -0.3 is 35.3 Å². The van der Waals surface area contributed by atoms with E-state index < -0.39 is 29.2 Å². The van der Waals surface area contributed by atoms with Crippen molar-refractivity contribution in [3.63, 3.8) is 0 Å². The maximum absolute atomic E-state index is 13.1. The van der Waals surface area contributed by atoms with E-state index in [0.717, 1.165) is 26.8 Å². The summed E-state index contributed by atoms with van der Waals surface area (Å²) in [5, 5.41) is 28.0. The Morgan fingerprint density at radius 1 is 1.45 bits per heavy atom. The number of aliphatic hydroxyl groups excluding tert-OH is 1. The molecule has 2 atom stereocenters. The van der Waals surface area contributed by atoms with Gasteiger partial charge >= 0.3 is 0 Å². The number of carboxylic acids is 1. The summed E-state index contributed by atoms with van der Waals surface area (Å²) in [6.45, 7) is 0.291. The van der Waals surface area contributed by atoms with E-state index >= 15 is 0 Å². The van der Waals surface area contributed by atoms with Crippen molar-refractivity contribution in [3.05, 3.63) is 52.0 Å². The van der Waals surface area contributed by atoms with Gasteiger partial charge in [0.1, 0.15) is 34.1 Å². The number of β-lactam (4-membered cyclic amide) rings is 1. The largest absolute Gasteiger partial charge is 0.543 e. The summed E-state index contributed by atoms with van der Waals surface area (Å²) in [6, 6.07) is 2.86. The standard InChI is InChI=1S/C23H22ClN7O6S3/c1-37-28-15(14-18(24)40-23(25)27-14)19(33)26-16-20(34)31-17(22(35)36)11(10-39-21(16)31)8-29-4-5-30-12(9-29)2-3-13(30)38-7-6-32/h2-5,9,16,21,32H,6-8,10H2,1H3,(H3-,25,26,27,33,35,36)/b28-15-/t16-,21-/m1/s1. The van der Waals surface area contributed by atoms with Crippen LogP contribution < -0.4 is 20.7 Å². The zero-order valence-corrected chi connectivity index (χ0v) is 24.0. The summed E-state index contributed by atoms with van der Waals surface area (Å²) in [5.74, 6) is -1.98. The zero-order chi connectivity index (χ0) is 28.6. The molecule has 4 N–H and O–H groups in total. The van der Waals surface area contributed by atoms with Crippen LogP contribution in [0.4, 0.5) is 5.13 Å². The molecule has 3 aromatic heterocycles. The molecule has 3 aromatic rings. The van der Waals surface area contributed by atoms with Crippen LogP contribution in [-0.2, 0) is 25.8 Å². The van der Waals surface area contributed by atoms with Crippen LogP contribution in [0, 0.1) is 0 Å². The van der Waals surface area contributed by atoms with Gasteiger partial charge in [-0.1, -0.05) is 28.1 Å². The van der Waals surface area contributed by atoms with Crippen molar-refractivity contribution in [2.75, 3.05) is 31.0 Å². The van der Waals surface area contributed by atoms with Crippen molar-refractivity contribution in [2.45, 2.75) is 23.0 Å². The number of nitrogens with two attached hydrogens (primary N) is 1. The Morgan fingerprint density at radius 2 is 2.25 bits per heavy atom. The van der Waals surface area contributed by atoms with E-state index in [1.165, 1.54) is 30.6 Å². The van der Waals surface area contributed by atoms with Crippen LogP contribution in [-0.4, -0.2) is 79.5 Å². The van der Waals surface area contributed by atoms with Crippen LogP contribution in [0.3, 0.4) is 0 Å². The highest BCUT2D eigenvalue weighted by molar-refractivity contribution is 8.00. The second-order valence-corrected chi connectivity index (χ2v) is 12.4. The number of carboxylic acid groups (broad SMARTS) is 1. The monoisotopic (exact) mass is 623 g/mol. The summed E-state index contributed by atoms with van der Waals surface area (Å²) in [4.78, 5) is 48.2. The molecule has 0 saturated carbocycles. The lowest BCUT2D eigenvalue weighted by atomic mass is 10.0. The van der Waals surface area contributed by atoms with Gasteiger partial charge in [0.05, 0.1) is 29.5 Å². The molecule has 1 saturated heterocycles. The number of nitrogen functional groups attached to an aromatic ring is 1. The molecular formula is C23H22ClN7O6S3. The van der Waals surface area contributed by atoms with E-state index in [1.54, 1.807) is 6.20 Å². The highest BCUT2D eigenvalue weighted by atomic mass is 35.5. The molecule has 0 radical (unpaired) electrons. The predicted molar refractivity (Wildman–Crippen MR) is 148 cm³/mol. The third-order valence-corrected chi connectivity index (χ3v) is 9.52. The van der Waals surface area contributed by atoms with Crippen molar-refractivity contribution in [1.29, 1.82) is 0 Å². The van der Waals surface area contributed by atoms with Crippen molar-refractivity contribution in [1.82, 2.24) is 19.6 Å². The third-order valence-electron chi connectivity index (χ3n) is 6.08. The van der Waals surface area contributed by atoms with Crippen molar-refractivity contribution in [2.24, 2.45) is 5.16 Å². The maximum Gasteiger partial charge on any atom is 0.276 e. The van der Waals surface area contributed by atoms with Crippen molar-refractivity contribution >= 4 is 80.6 Å². The first-order chi connectivity index (χ1) is 19.2. The van der Waals surface area contributed by atoms with Gasteiger partial charge in [0.2, 0.25) is 0 Å². The molecule has 17 heteroatoms. The van der Waals surface area contributed by atoms with Gasteiger partial charge in [0, 0.05) is 17.1 Å². The second kappa shape index (κ2) is 11.7. The summed E-state index contributed by atoms with van der Waals surface area (Å²) in [6.07, 6.45) is 5.53. The Bertz CT molecular complexity index is 1570. The lowest BCUT2D eigenvalue weighted by Crippen LogP contribution is -2.71. The van der Waals surface area contributed by atoms with E-state index in [1.807, 2.05) is 33.5 Å². The number of anilines is 1. The number of nitrogens with zero attached hydrogens (tertiary/aromatic N) is 5. The molecule has 0 bridgehead atoms. The molecule has 5 heterocycles. The minimum absolute atomic E-state index is 0.0112. The number of aliphatic hydroxyl groups is 1. The predicted octanol–water partition coefficient (Wildman–Crippen LogP) is -0.542. The molecule has 0 spiro atoms. The average molecular weight is 624 g/mol. The van der Waals surface area contributed by atoms with Gasteiger partial charge in [-0.2, -0.15) is 4.57 Å². The first-order valence-electron chi connectivity index (χ1n) is 11.7. The number of hydrogen-bond acceptors (Lipinski definition) is 12. The number of aliphatic carboxylic acids is 1. The Hall–Kier alpha value is -3.31. The van der Waals surface area contributed by atoms with Gasteiger partial charge in [0.15, 0.2) is 29.8 Å². The molecule has 210 valence electrons. The number of amides is 2. The molecule has 0 aliphatic carbocycles. The normalized spacial score (nSPS) is 19.0. The number of rotatable bonds is 10. The maximum atomic E-state index is 13.1. The van der Waals surface area contributed by atoms with Gasteiger partial charge in [0.25, 0.3) is 11.8 Å². The number of thiazole rings is 1. The topological polar surface area (TPSA) is 179 Å². The summed E-state index contributed by atoms with van der Waals surface area (Å²) >= 11 is 9.92. The molecular weight excluding hydrogens is 602 g/mol. The first kappa shape index (κ1) is 28.2. The number of aromatic nitrogens is 3. The van der Waals surface area contributed by atoms with Gasteiger partial charge in [-0.15, -0.1) is 23.5 Å². The quantitative estimate of drug-likeness (QED) is 0.0873. The number of fused-ring (bicyclic) bond motifs is 2. The Morgan fingerprint density at radius 3 is 2.92 bits per heavy atom. The van der Waals surface area contributed by atoms with Crippen LogP contribution in [0.5, 0.6) is 0 Å². The third kappa shape index (κ3) is 5.24. The number of carbonyl (C=O) groups excluding carboxylic acids is 3. The summed E-state index contributed by atoms with van der Waals surface area (Å²) < 4.78 is 3.92. The minimum atomic E-state index is -1.48. The van der Waals surface area contributed by atoms with E-state index in [2.05, 4.69) is 15.5 Å². The second-order valence-electron chi connectivity index (χ2n) is 8.54.